The maximum Gasteiger partial charge on any atom is 0.243 e. The van der Waals surface area contributed by atoms with Gasteiger partial charge in [0.05, 0.1) is 15.8 Å². The number of benzene rings is 2. The van der Waals surface area contributed by atoms with Crippen LogP contribution in [0.2, 0.25) is 10.0 Å². The Morgan fingerprint density at radius 2 is 1.76 bits per heavy atom. The van der Waals surface area contributed by atoms with Crippen LogP contribution in [0.3, 0.4) is 0 Å². The summed E-state index contributed by atoms with van der Waals surface area (Å²) in [5.41, 5.74) is 1.75. The molecule has 1 fully saturated rings. The second-order valence-electron chi connectivity index (χ2n) is 8.30. The summed E-state index contributed by atoms with van der Waals surface area (Å²) >= 11 is 13.5. The van der Waals surface area contributed by atoms with E-state index in [1.54, 1.807) is 29.2 Å². The van der Waals surface area contributed by atoms with Crippen LogP contribution >= 0.6 is 35.0 Å². The highest BCUT2D eigenvalue weighted by Crippen LogP contribution is 2.25. The first kappa shape index (κ1) is 25.9. The van der Waals surface area contributed by atoms with Gasteiger partial charge in [-0.3, -0.25) is 9.59 Å². The topological polar surface area (TPSA) is 49.4 Å². The van der Waals surface area contributed by atoms with Crippen molar-refractivity contribution in [2.45, 2.75) is 63.4 Å². The van der Waals surface area contributed by atoms with Gasteiger partial charge in [0, 0.05) is 18.3 Å². The monoisotopic (exact) mass is 510 g/mol. The highest BCUT2D eigenvalue weighted by atomic mass is 35.5. The third kappa shape index (κ3) is 7.62. The van der Waals surface area contributed by atoms with Gasteiger partial charge in [0.15, 0.2) is 0 Å². The number of carbonyl (C=O) groups is 2. The number of thioether (sulfide) groups is 1. The summed E-state index contributed by atoms with van der Waals surface area (Å²) in [5, 5.41) is 4.10. The standard InChI is InChI=1S/C25H29Cl2FN2O2S/c1-2-23(25(32)29-20-5-3-4-6-20)30(14-17-7-10-19(28)11-8-17)24(31)16-33-15-18-9-12-21(26)22(27)13-18/h7-13,20,23H,2-6,14-16H2,1H3,(H,29,32)/t23-/m1/s1. The predicted molar refractivity (Wildman–Crippen MR) is 134 cm³/mol. The van der Waals surface area contributed by atoms with E-state index in [2.05, 4.69) is 5.32 Å². The minimum atomic E-state index is -0.575. The first-order valence-electron chi connectivity index (χ1n) is 11.2. The Bertz CT molecular complexity index is 952. The molecule has 2 aromatic rings. The van der Waals surface area contributed by atoms with Crippen molar-refractivity contribution in [3.05, 3.63) is 69.5 Å². The van der Waals surface area contributed by atoms with Crippen molar-refractivity contribution >= 4 is 46.8 Å². The van der Waals surface area contributed by atoms with Crippen LogP contribution in [0, 0.1) is 5.82 Å². The number of hydrogen-bond acceptors (Lipinski definition) is 3. The van der Waals surface area contributed by atoms with Crippen molar-refractivity contribution in [1.82, 2.24) is 10.2 Å². The first-order chi connectivity index (χ1) is 15.9. The van der Waals surface area contributed by atoms with Crippen molar-refractivity contribution in [1.29, 1.82) is 0 Å². The van der Waals surface area contributed by atoms with Crippen LogP contribution in [0.4, 0.5) is 4.39 Å². The van der Waals surface area contributed by atoms with Crippen LogP contribution in [0.25, 0.3) is 0 Å². The molecule has 0 aliphatic heterocycles. The lowest BCUT2D eigenvalue weighted by molar-refractivity contribution is -0.139. The number of hydrogen-bond donors (Lipinski definition) is 1. The van der Waals surface area contributed by atoms with Gasteiger partial charge in [-0.15, -0.1) is 11.8 Å². The van der Waals surface area contributed by atoms with Crippen LogP contribution in [-0.4, -0.2) is 34.6 Å². The molecule has 1 atom stereocenters. The molecular weight excluding hydrogens is 482 g/mol. The van der Waals surface area contributed by atoms with Crippen LogP contribution in [-0.2, 0) is 21.9 Å². The molecule has 0 radical (unpaired) electrons. The van der Waals surface area contributed by atoms with Crippen molar-refractivity contribution in [3.8, 4) is 0 Å². The van der Waals surface area contributed by atoms with Crippen molar-refractivity contribution < 1.29 is 14.0 Å². The molecule has 0 bridgehead atoms. The average molecular weight is 511 g/mol. The Balaban J connectivity index is 1.69. The molecule has 1 aliphatic rings. The minimum absolute atomic E-state index is 0.116. The van der Waals surface area contributed by atoms with E-state index >= 15 is 0 Å². The molecule has 2 amide bonds. The van der Waals surface area contributed by atoms with Gasteiger partial charge in [0.2, 0.25) is 11.8 Å². The molecule has 1 aliphatic carbocycles. The molecule has 0 aromatic heterocycles. The molecule has 0 unspecified atom stereocenters. The molecule has 0 saturated heterocycles. The molecular formula is C25H29Cl2FN2O2S. The summed E-state index contributed by atoms with van der Waals surface area (Å²) in [6.07, 6.45) is 4.70. The SMILES string of the molecule is CC[C@H](C(=O)NC1CCCC1)N(Cc1ccc(F)cc1)C(=O)CSCc1ccc(Cl)c(Cl)c1. The predicted octanol–water partition coefficient (Wildman–Crippen LogP) is 6.23. The smallest absolute Gasteiger partial charge is 0.243 e. The Hall–Kier alpha value is -1.76. The van der Waals surface area contributed by atoms with E-state index in [1.807, 2.05) is 13.0 Å². The summed E-state index contributed by atoms with van der Waals surface area (Å²) in [6, 6.07) is 11.1. The van der Waals surface area contributed by atoms with Crippen LogP contribution in [0.5, 0.6) is 0 Å². The summed E-state index contributed by atoms with van der Waals surface area (Å²) in [4.78, 5) is 28.0. The molecule has 0 spiro atoms. The van der Waals surface area contributed by atoms with Gasteiger partial charge in [-0.1, -0.05) is 61.2 Å². The van der Waals surface area contributed by atoms with Gasteiger partial charge in [-0.2, -0.15) is 0 Å². The average Bonchev–Trinajstić information content (AvgIpc) is 3.30. The van der Waals surface area contributed by atoms with E-state index in [0.29, 0.717) is 22.2 Å². The van der Waals surface area contributed by atoms with Gasteiger partial charge < -0.3 is 10.2 Å². The molecule has 1 saturated carbocycles. The number of amides is 2. The highest BCUT2D eigenvalue weighted by molar-refractivity contribution is 7.99. The van der Waals surface area contributed by atoms with E-state index in [9.17, 15) is 14.0 Å². The van der Waals surface area contributed by atoms with E-state index < -0.39 is 6.04 Å². The zero-order valence-electron chi connectivity index (χ0n) is 18.7. The maximum atomic E-state index is 13.4. The lowest BCUT2D eigenvalue weighted by atomic mass is 10.1. The van der Waals surface area contributed by atoms with E-state index in [-0.39, 0.29) is 36.0 Å². The van der Waals surface area contributed by atoms with Gasteiger partial charge in [0.1, 0.15) is 11.9 Å². The third-order valence-corrected chi connectivity index (χ3v) is 7.56. The molecule has 33 heavy (non-hydrogen) atoms. The fraction of sp³-hybridized carbons (Fsp3) is 0.440. The van der Waals surface area contributed by atoms with Crippen molar-refractivity contribution in [2.75, 3.05) is 5.75 Å². The Morgan fingerprint density at radius 1 is 1.09 bits per heavy atom. The van der Waals surface area contributed by atoms with E-state index in [0.717, 1.165) is 36.8 Å². The largest absolute Gasteiger partial charge is 0.352 e. The summed E-state index contributed by atoms with van der Waals surface area (Å²) < 4.78 is 13.4. The Kier molecular flexibility index (Phi) is 9.90. The van der Waals surface area contributed by atoms with Gasteiger partial charge >= 0.3 is 0 Å². The summed E-state index contributed by atoms with van der Waals surface area (Å²) in [6.45, 7) is 2.16. The third-order valence-electron chi connectivity index (χ3n) is 5.83. The van der Waals surface area contributed by atoms with Crippen LogP contribution in [0.1, 0.15) is 50.2 Å². The molecule has 178 valence electrons. The summed E-state index contributed by atoms with van der Waals surface area (Å²) in [5.74, 6) is 0.235. The number of nitrogens with zero attached hydrogens (tertiary/aromatic N) is 1. The van der Waals surface area contributed by atoms with Gasteiger partial charge in [-0.05, 0) is 54.7 Å². The fourth-order valence-corrected chi connectivity index (χ4v) is 5.22. The first-order valence-corrected chi connectivity index (χ1v) is 13.1. The summed E-state index contributed by atoms with van der Waals surface area (Å²) in [7, 11) is 0. The second-order valence-corrected chi connectivity index (χ2v) is 10.1. The normalized spacial score (nSPS) is 14.8. The maximum absolute atomic E-state index is 13.4. The lowest BCUT2D eigenvalue weighted by Crippen LogP contribution is -2.51. The Morgan fingerprint density at radius 3 is 2.39 bits per heavy atom. The minimum Gasteiger partial charge on any atom is -0.352 e. The number of nitrogens with one attached hydrogen (secondary N) is 1. The molecule has 4 nitrogen and oxygen atoms in total. The second kappa shape index (κ2) is 12.6. The highest BCUT2D eigenvalue weighted by Gasteiger charge is 2.30. The fourth-order valence-electron chi connectivity index (χ4n) is 4.04. The van der Waals surface area contributed by atoms with Crippen LogP contribution in [0.15, 0.2) is 42.5 Å². The van der Waals surface area contributed by atoms with Crippen molar-refractivity contribution in [2.24, 2.45) is 0 Å². The number of halogens is 3. The zero-order valence-corrected chi connectivity index (χ0v) is 21.0. The molecule has 1 N–H and O–H groups in total. The molecule has 0 heterocycles. The van der Waals surface area contributed by atoms with E-state index in [4.69, 9.17) is 23.2 Å². The Labute approximate surface area is 209 Å². The van der Waals surface area contributed by atoms with Gasteiger partial charge in [-0.25, -0.2) is 4.39 Å². The number of carbonyl (C=O) groups excluding carboxylic acids is 2. The zero-order chi connectivity index (χ0) is 23.8. The van der Waals surface area contributed by atoms with Crippen LogP contribution < -0.4 is 5.32 Å². The van der Waals surface area contributed by atoms with Gasteiger partial charge in [0.25, 0.3) is 0 Å². The quantitative estimate of drug-likeness (QED) is 0.411. The number of rotatable bonds is 10. The van der Waals surface area contributed by atoms with Crippen molar-refractivity contribution in [3.63, 3.8) is 0 Å². The molecule has 2 aromatic carbocycles. The molecule has 3 rings (SSSR count). The lowest BCUT2D eigenvalue weighted by Gasteiger charge is -2.31. The van der Waals surface area contributed by atoms with E-state index in [1.165, 1.54) is 23.9 Å². The molecule has 8 heteroatoms.